The second kappa shape index (κ2) is 32.5. The molecule has 0 aliphatic heterocycles. The Balaban J connectivity index is 3.94. The summed E-state index contributed by atoms with van der Waals surface area (Å²) in [6, 6.07) is 0. The van der Waals surface area contributed by atoms with Crippen LogP contribution in [-0.4, -0.2) is 23.1 Å². The first-order valence-corrected chi connectivity index (χ1v) is 18.0. The van der Waals surface area contributed by atoms with E-state index in [9.17, 15) is 9.59 Å². The number of aliphatic carboxylic acids is 1. The summed E-state index contributed by atoms with van der Waals surface area (Å²) in [5.74, 6) is -0.747. The predicted octanol–water partition coefficient (Wildman–Crippen LogP) is 12.1. The van der Waals surface area contributed by atoms with Crippen molar-refractivity contribution in [1.82, 2.24) is 0 Å². The Morgan fingerprint density at radius 3 is 1.12 bits per heavy atom. The molecule has 1 N–H and O–H groups in total. The molecule has 1 unspecified atom stereocenters. The zero-order valence-corrected chi connectivity index (χ0v) is 27.2. The first kappa shape index (κ1) is 38.9. The van der Waals surface area contributed by atoms with E-state index in [-0.39, 0.29) is 18.5 Å². The van der Waals surface area contributed by atoms with E-state index in [1.165, 1.54) is 135 Å². The normalized spacial score (nSPS) is 12.1. The summed E-state index contributed by atoms with van der Waals surface area (Å²) >= 11 is 0. The van der Waals surface area contributed by atoms with E-state index in [0.29, 0.717) is 12.8 Å². The standard InChI is InChI=1S/C36H70O4/c1-3-5-7-9-11-13-15-16-18-19-21-23-26-30-34(31-27-25-28-32-35(37)38)40-36(39)33-29-24-22-20-17-14-12-10-8-6-4-2/h34H,3-33H2,1-2H3,(H,37,38). The molecule has 40 heavy (non-hydrogen) atoms. The lowest BCUT2D eigenvalue weighted by Gasteiger charge is -2.18. The van der Waals surface area contributed by atoms with Gasteiger partial charge in [-0.05, 0) is 38.5 Å². The quantitative estimate of drug-likeness (QED) is 0.0633. The van der Waals surface area contributed by atoms with Crippen molar-refractivity contribution < 1.29 is 19.4 Å². The molecule has 4 nitrogen and oxygen atoms in total. The highest BCUT2D eigenvalue weighted by Gasteiger charge is 2.14. The first-order chi connectivity index (χ1) is 19.6. The van der Waals surface area contributed by atoms with Crippen LogP contribution in [0.1, 0.15) is 213 Å². The van der Waals surface area contributed by atoms with Crippen molar-refractivity contribution in [2.24, 2.45) is 0 Å². The fourth-order valence-corrected chi connectivity index (χ4v) is 5.66. The molecule has 4 heteroatoms. The summed E-state index contributed by atoms with van der Waals surface area (Å²) in [7, 11) is 0. The van der Waals surface area contributed by atoms with Crippen LogP contribution in [0.4, 0.5) is 0 Å². The third-order valence-electron chi connectivity index (χ3n) is 8.33. The number of carboxylic acid groups (broad SMARTS) is 1. The van der Waals surface area contributed by atoms with Crippen LogP contribution in [-0.2, 0) is 14.3 Å². The van der Waals surface area contributed by atoms with Crippen molar-refractivity contribution in [3.63, 3.8) is 0 Å². The van der Waals surface area contributed by atoms with Crippen molar-refractivity contribution in [2.45, 2.75) is 219 Å². The largest absolute Gasteiger partial charge is 0.481 e. The number of ether oxygens (including phenoxy) is 1. The maximum Gasteiger partial charge on any atom is 0.306 e. The van der Waals surface area contributed by atoms with Crippen LogP contribution >= 0.6 is 0 Å². The van der Waals surface area contributed by atoms with Crippen molar-refractivity contribution in [1.29, 1.82) is 0 Å². The molecule has 0 saturated heterocycles. The summed E-state index contributed by atoms with van der Waals surface area (Å²) in [6.07, 6.45) is 36.8. The molecule has 0 aromatic heterocycles. The molecule has 0 amide bonds. The zero-order valence-electron chi connectivity index (χ0n) is 27.2. The number of hydrogen-bond acceptors (Lipinski definition) is 3. The van der Waals surface area contributed by atoms with Crippen LogP contribution in [0, 0.1) is 0 Å². The van der Waals surface area contributed by atoms with E-state index in [0.717, 1.165) is 44.9 Å². The first-order valence-electron chi connectivity index (χ1n) is 18.0. The lowest BCUT2D eigenvalue weighted by atomic mass is 10.0. The lowest BCUT2D eigenvalue weighted by Crippen LogP contribution is -2.18. The van der Waals surface area contributed by atoms with Gasteiger partial charge in [-0.15, -0.1) is 0 Å². The molecule has 0 bridgehead atoms. The Morgan fingerprint density at radius 1 is 0.450 bits per heavy atom. The highest BCUT2D eigenvalue weighted by molar-refractivity contribution is 5.69. The lowest BCUT2D eigenvalue weighted by molar-refractivity contribution is -0.150. The fraction of sp³-hybridized carbons (Fsp3) is 0.944. The summed E-state index contributed by atoms with van der Waals surface area (Å²) in [5, 5.41) is 8.86. The summed E-state index contributed by atoms with van der Waals surface area (Å²) < 4.78 is 5.92. The van der Waals surface area contributed by atoms with E-state index in [1.807, 2.05) is 0 Å². The maximum atomic E-state index is 12.5. The number of hydrogen-bond donors (Lipinski definition) is 1. The predicted molar refractivity (Wildman–Crippen MR) is 172 cm³/mol. The van der Waals surface area contributed by atoms with Crippen LogP contribution in [0.2, 0.25) is 0 Å². The van der Waals surface area contributed by atoms with Gasteiger partial charge in [0.05, 0.1) is 0 Å². The molecule has 0 rings (SSSR count). The highest BCUT2D eigenvalue weighted by Crippen LogP contribution is 2.19. The number of esters is 1. The molecule has 0 aliphatic carbocycles. The number of carbonyl (C=O) groups is 2. The van der Waals surface area contributed by atoms with Gasteiger partial charge in [0.2, 0.25) is 0 Å². The second-order valence-corrected chi connectivity index (χ2v) is 12.4. The SMILES string of the molecule is CCCCCCCCCCCCCCCC(CCCCCC(=O)O)OC(=O)CCCCCCCCCCCCC. The van der Waals surface area contributed by atoms with Gasteiger partial charge in [0.1, 0.15) is 6.10 Å². The van der Waals surface area contributed by atoms with Gasteiger partial charge in [0, 0.05) is 12.8 Å². The Morgan fingerprint density at radius 2 is 0.750 bits per heavy atom. The minimum Gasteiger partial charge on any atom is -0.481 e. The molecule has 0 fully saturated rings. The van der Waals surface area contributed by atoms with Crippen molar-refractivity contribution >= 4 is 11.9 Å². The van der Waals surface area contributed by atoms with Crippen LogP contribution in [0.25, 0.3) is 0 Å². The summed E-state index contributed by atoms with van der Waals surface area (Å²) in [5.41, 5.74) is 0. The van der Waals surface area contributed by atoms with E-state index >= 15 is 0 Å². The smallest absolute Gasteiger partial charge is 0.306 e. The van der Waals surface area contributed by atoms with Gasteiger partial charge in [0.25, 0.3) is 0 Å². The Bertz CT molecular complexity index is 533. The van der Waals surface area contributed by atoms with Crippen LogP contribution < -0.4 is 0 Å². The number of carboxylic acids is 1. The van der Waals surface area contributed by atoms with Gasteiger partial charge in [-0.25, -0.2) is 0 Å². The molecule has 0 aliphatic rings. The van der Waals surface area contributed by atoms with Crippen molar-refractivity contribution in [3.05, 3.63) is 0 Å². The molecule has 0 aromatic carbocycles. The minimum atomic E-state index is -0.720. The maximum absolute atomic E-state index is 12.5. The monoisotopic (exact) mass is 567 g/mol. The Labute approximate surface area is 250 Å². The summed E-state index contributed by atoms with van der Waals surface area (Å²) in [4.78, 5) is 23.3. The van der Waals surface area contributed by atoms with Crippen LogP contribution in [0.15, 0.2) is 0 Å². The van der Waals surface area contributed by atoms with E-state index < -0.39 is 5.97 Å². The molecule has 1 atom stereocenters. The van der Waals surface area contributed by atoms with Gasteiger partial charge in [-0.3, -0.25) is 9.59 Å². The average Bonchev–Trinajstić information content (AvgIpc) is 2.93. The second-order valence-electron chi connectivity index (χ2n) is 12.4. The number of carbonyl (C=O) groups excluding carboxylic acids is 1. The fourth-order valence-electron chi connectivity index (χ4n) is 5.66. The van der Waals surface area contributed by atoms with Crippen LogP contribution in [0.5, 0.6) is 0 Å². The number of rotatable bonds is 33. The molecule has 0 spiro atoms. The Kier molecular flexibility index (Phi) is 31.6. The Hall–Kier alpha value is -1.06. The average molecular weight is 567 g/mol. The third kappa shape index (κ3) is 31.5. The van der Waals surface area contributed by atoms with Gasteiger partial charge in [-0.2, -0.15) is 0 Å². The summed E-state index contributed by atoms with van der Waals surface area (Å²) in [6.45, 7) is 4.54. The molecule has 0 heterocycles. The van der Waals surface area contributed by atoms with Gasteiger partial charge in [0.15, 0.2) is 0 Å². The van der Waals surface area contributed by atoms with Gasteiger partial charge in [-0.1, -0.05) is 162 Å². The number of unbranched alkanes of at least 4 members (excludes halogenated alkanes) is 24. The molecule has 0 saturated carbocycles. The van der Waals surface area contributed by atoms with Gasteiger partial charge >= 0.3 is 11.9 Å². The molecule has 0 aromatic rings. The molecule has 238 valence electrons. The van der Waals surface area contributed by atoms with Crippen LogP contribution in [0.3, 0.4) is 0 Å². The zero-order chi connectivity index (χ0) is 29.4. The van der Waals surface area contributed by atoms with Crippen molar-refractivity contribution in [2.75, 3.05) is 0 Å². The molecular formula is C36H70O4. The molecular weight excluding hydrogens is 496 g/mol. The van der Waals surface area contributed by atoms with Crippen molar-refractivity contribution in [3.8, 4) is 0 Å². The van der Waals surface area contributed by atoms with E-state index in [4.69, 9.17) is 9.84 Å². The minimum absolute atomic E-state index is 0.0118. The molecule has 0 radical (unpaired) electrons. The topological polar surface area (TPSA) is 63.6 Å². The van der Waals surface area contributed by atoms with Gasteiger partial charge < -0.3 is 9.84 Å². The van der Waals surface area contributed by atoms with E-state index in [2.05, 4.69) is 13.8 Å². The van der Waals surface area contributed by atoms with E-state index in [1.54, 1.807) is 0 Å². The third-order valence-corrected chi connectivity index (χ3v) is 8.33. The highest BCUT2D eigenvalue weighted by atomic mass is 16.5.